The molecule has 1 aromatic rings. The van der Waals surface area contributed by atoms with Gasteiger partial charge in [-0.2, -0.15) is 0 Å². The van der Waals surface area contributed by atoms with Gasteiger partial charge < -0.3 is 19.0 Å². The van der Waals surface area contributed by atoms with Crippen LogP contribution in [0.25, 0.3) is 0 Å². The molecule has 1 fully saturated rings. The van der Waals surface area contributed by atoms with E-state index < -0.39 is 5.97 Å². The molecule has 1 N–H and O–H groups in total. The van der Waals surface area contributed by atoms with E-state index in [2.05, 4.69) is 4.90 Å². The molecule has 1 aliphatic rings. The molecule has 6 nitrogen and oxygen atoms in total. The fraction of sp³-hybridized carbons (Fsp3) is 0.615. The van der Waals surface area contributed by atoms with Crippen LogP contribution in [0.1, 0.15) is 21.9 Å². The predicted molar refractivity (Wildman–Crippen MR) is 67.3 cm³/mol. The van der Waals surface area contributed by atoms with Crippen LogP contribution in [0.2, 0.25) is 0 Å². The number of furan rings is 1. The first-order valence-corrected chi connectivity index (χ1v) is 6.15. The molecule has 0 radical (unpaired) electrons. The van der Waals surface area contributed by atoms with Crippen LogP contribution in [-0.2, 0) is 16.0 Å². The third kappa shape index (κ3) is 2.97. The number of carboxylic acids is 1. The monoisotopic (exact) mass is 269 g/mol. The Morgan fingerprint density at radius 2 is 2.00 bits per heavy atom. The van der Waals surface area contributed by atoms with Crippen LogP contribution in [0, 0.1) is 6.92 Å². The van der Waals surface area contributed by atoms with Crippen LogP contribution in [-0.4, -0.2) is 55.5 Å². The first-order valence-electron chi connectivity index (χ1n) is 6.15. The molecule has 2 unspecified atom stereocenters. The molecule has 1 saturated heterocycles. The lowest BCUT2D eigenvalue weighted by Gasteiger charge is -2.14. The number of likely N-dealkylation sites (tertiary alicyclic amines) is 1. The number of methoxy groups -OCH3 is 2. The highest BCUT2D eigenvalue weighted by atomic mass is 16.5. The Hall–Kier alpha value is -1.37. The number of nitrogens with zero attached hydrogens (tertiary/aromatic N) is 1. The van der Waals surface area contributed by atoms with Gasteiger partial charge >= 0.3 is 5.97 Å². The van der Waals surface area contributed by atoms with Gasteiger partial charge in [0.25, 0.3) is 0 Å². The normalized spacial score (nSPS) is 23.9. The first kappa shape index (κ1) is 14.0. The number of aryl methyl sites for hydroxylation is 1. The van der Waals surface area contributed by atoms with Gasteiger partial charge in [-0.15, -0.1) is 0 Å². The van der Waals surface area contributed by atoms with Gasteiger partial charge in [0, 0.05) is 39.4 Å². The fourth-order valence-electron chi connectivity index (χ4n) is 2.42. The summed E-state index contributed by atoms with van der Waals surface area (Å²) in [5.74, 6) is -0.411. The van der Waals surface area contributed by atoms with E-state index in [1.165, 1.54) is 0 Å². The van der Waals surface area contributed by atoms with Crippen molar-refractivity contribution >= 4 is 5.97 Å². The SMILES string of the molecule is COC1CN(Cc2cc(C(=O)O)oc2C)CC1OC. The molecular formula is C13H19NO5. The number of hydrogen-bond donors (Lipinski definition) is 1. The van der Waals surface area contributed by atoms with Crippen molar-refractivity contribution in [2.45, 2.75) is 25.7 Å². The van der Waals surface area contributed by atoms with Crippen LogP contribution in [0.5, 0.6) is 0 Å². The quantitative estimate of drug-likeness (QED) is 0.864. The number of rotatable bonds is 5. The zero-order chi connectivity index (χ0) is 14.0. The Kier molecular flexibility index (Phi) is 4.24. The van der Waals surface area contributed by atoms with Crippen LogP contribution < -0.4 is 0 Å². The van der Waals surface area contributed by atoms with Gasteiger partial charge in [0.2, 0.25) is 5.76 Å². The molecule has 1 aliphatic heterocycles. The largest absolute Gasteiger partial charge is 0.475 e. The van der Waals surface area contributed by atoms with Gasteiger partial charge in [-0.25, -0.2) is 4.79 Å². The average molecular weight is 269 g/mol. The summed E-state index contributed by atoms with van der Waals surface area (Å²) >= 11 is 0. The summed E-state index contributed by atoms with van der Waals surface area (Å²) in [5, 5.41) is 8.90. The van der Waals surface area contributed by atoms with E-state index in [1.54, 1.807) is 27.2 Å². The minimum atomic E-state index is -1.04. The van der Waals surface area contributed by atoms with Gasteiger partial charge in [-0.05, 0) is 13.0 Å². The Morgan fingerprint density at radius 1 is 1.42 bits per heavy atom. The van der Waals surface area contributed by atoms with Gasteiger partial charge in [0.05, 0.1) is 12.2 Å². The molecule has 0 spiro atoms. The summed E-state index contributed by atoms with van der Waals surface area (Å²) in [4.78, 5) is 13.0. The minimum absolute atomic E-state index is 0.0155. The van der Waals surface area contributed by atoms with Gasteiger partial charge in [0.15, 0.2) is 0 Å². The molecule has 106 valence electrons. The van der Waals surface area contributed by atoms with Crippen molar-refractivity contribution in [1.82, 2.24) is 4.90 Å². The van der Waals surface area contributed by atoms with E-state index in [0.29, 0.717) is 12.3 Å². The van der Waals surface area contributed by atoms with Crippen molar-refractivity contribution < 1.29 is 23.8 Å². The Bertz CT molecular complexity index is 444. The number of carboxylic acid groups (broad SMARTS) is 1. The van der Waals surface area contributed by atoms with Gasteiger partial charge in [-0.1, -0.05) is 0 Å². The maximum Gasteiger partial charge on any atom is 0.371 e. The fourth-order valence-corrected chi connectivity index (χ4v) is 2.42. The van der Waals surface area contributed by atoms with E-state index in [4.69, 9.17) is 19.0 Å². The van der Waals surface area contributed by atoms with Crippen molar-refractivity contribution in [3.8, 4) is 0 Å². The second-order valence-corrected chi connectivity index (χ2v) is 4.74. The summed E-state index contributed by atoms with van der Waals surface area (Å²) in [6, 6.07) is 1.58. The molecule has 2 rings (SSSR count). The first-order chi connectivity index (χ1) is 9.05. The molecule has 0 amide bonds. The molecule has 2 atom stereocenters. The molecule has 19 heavy (non-hydrogen) atoms. The Morgan fingerprint density at radius 3 is 2.42 bits per heavy atom. The van der Waals surface area contributed by atoms with Crippen molar-refractivity contribution in [2.75, 3.05) is 27.3 Å². The number of hydrogen-bond acceptors (Lipinski definition) is 5. The van der Waals surface area contributed by atoms with E-state index in [1.807, 2.05) is 0 Å². The molecule has 2 heterocycles. The van der Waals surface area contributed by atoms with Gasteiger partial charge in [-0.3, -0.25) is 4.90 Å². The summed E-state index contributed by atoms with van der Waals surface area (Å²) in [6.45, 7) is 3.95. The molecule has 6 heteroatoms. The lowest BCUT2D eigenvalue weighted by Crippen LogP contribution is -2.27. The zero-order valence-corrected chi connectivity index (χ0v) is 11.4. The Labute approximate surface area is 111 Å². The highest BCUT2D eigenvalue weighted by molar-refractivity contribution is 5.84. The highest BCUT2D eigenvalue weighted by Gasteiger charge is 2.33. The average Bonchev–Trinajstić information content (AvgIpc) is 2.94. The van der Waals surface area contributed by atoms with Crippen molar-refractivity contribution in [3.05, 3.63) is 23.2 Å². The topological polar surface area (TPSA) is 72.1 Å². The molecule has 0 bridgehead atoms. The van der Waals surface area contributed by atoms with Crippen LogP contribution >= 0.6 is 0 Å². The smallest absolute Gasteiger partial charge is 0.371 e. The summed E-state index contributed by atoms with van der Waals surface area (Å²) in [7, 11) is 3.34. The summed E-state index contributed by atoms with van der Waals surface area (Å²) in [5.41, 5.74) is 0.893. The standard InChI is InChI=1S/C13H19NO5/c1-8-9(4-10(19-8)13(15)16)5-14-6-11(17-2)12(7-14)18-3/h4,11-12H,5-7H2,1-3H3,(H,15,16). The summed E-state index contributed by atoms with van der Waals surface area (Å²) in [6.07, 6.45) is 0.104. The number of aromatic carboxylic acids is 1. The van der Waals surface area contributed by atoms with E-state index in [-0.39, 0.29) is 18.0 Å². The lowest BCUT2D eigenvalue weighted by atomic mass is 10.2. The molecule has 0 aromatic carbocycles. The maximum atomic E-state index is 10.9. The van der Waals surface area contributed by atoms with E-state index in [0.717, 1.165) is 18.7 Å². The van der Waals surface area contributed by atoms with E-state index >= 15 is 0 Å². The third-order valence-corrected chi connectivity index (χ3v) is 3.52. The number of ether oxygens (including phenoxy) is 2. The predicted octanol–water partition coefficient (Wildman–Crippen LogP) is 1.13. The second-order valence-electron chi connectivity index (χ2n) is 4.74. The lowest BCUT2D eigenvalue weighted by molar-refractivity contribution is -0.00461. The van der Waals surface area contributed by atoms with Crippen molar-refractivity contribution in [1.29, 1.82) is 0 Å². The highest BCUT2D eigenvalue weighted by Crippen LogP contribution is 2.21. The Balaban J connectivity index is 2.04. The van der Waals surface area contributed by atoms with E-state index in [9.17, 15) is 4.79 Å². The molecule has 1 aromatic heterocycles. The molecule has 0 aliphatic carbocycles. The van der Waals surface area contributed by atoms with Crippen molar-refractivity contribution in [2.24, 2.45) is 0 Å². The van der Waals surface area contributed by atoms with Gasteiger partial charge in [0.1, 0.15) is 5.76 Å². The molecule has 0 saturated carbocycles. The second kappa shape index (κ2) is 5.73. The zero-order valence-electron chi connectivity index (χ0n) is 11.4. The summed E-state index contributed by atoms with van der Waals surface area (Å²) < 4.78 is 15.9. The van der Waals surface area contributed by atoms with Crippen LogP contribution in [0.4, 0.5) is 0 Å². The van der Waals surface area contributed by atoms with Crippen molar-refractivity contribution in [3.63, 3.8) is 0 Å². The minimum Gasteiger partial charge on any atom is -0.475 e. The number of carbonyl (C=O) groups is 1. The van der Waals surface area contributed by atoms with Crippen LogP contribution in [0.3, 0.4) is 0 Å². The van der Waals surface area contributed by atoms with Crippen LogP contribution in [0.15, 0.2) is 10.5 Å². The third-order valence-electron chi connectivity index (χ3n) is 3.52. The molecular weight excluding hydrogens is 250 g/mol. The maximum absolute atomic E-state index is 10.9.